The first-order chi connectivity index (χ1) is 6.72. The van der Waals surface area contributed by atoms with Crippen molar-refractivity contribution in [3.8, 4) is 0 Å². The zero-order valence-electron chi connectivity index (χ0n) is 8.19. The van der Waals surface area contributed by atoms with Gasteiger partial charge >= 0.3 is 48.3 Å². The summed E-state index contributed by atoms with van der Waals surface area (Å²) in [7, 11) is 0. The van der Waals surface area contributed by atoms with Crippen molar-refractivity contribution >= 4 is 23.2 Å². The van der Waals surface area contributed by atoms with Crippen LogP contribution in [0.5, 0.6) is 0 Å². The summed E-state index contributed by atoms with van der Waals surface area (Å²) in [4.78, 5) is 0. The number of hydrogen-bond donors (Lipinski definition) is 5. The normalized spacial score (nSPS) is 12.1. The summed E-state index contributed by atoms with van der Waals surface area (Å²) in [5, 5.41) is 15.5. The molecule has 0 spiro atoms. The molecule has 0 radical (unpaired) electrons. The molecule has 0 aliphatic carbocycles. The molecule has 5 nitrogen and oxygen atoms in total. The van der Waals surface area contributed by atoms with Crippen LogP contribution < -0.4 is 17.2 Å². The number of aliphatic hydroxyl groups excluding tert-OH is 2. The van der Waals surface area contributed by atoms with Crippen LogP contribution in [0.1, 0.15) is 0 Å². The molecule has 1 aliphatic rings. The average Bonchev–Trinajstić information content (AvgIpc) is 2.70. The summed E-state index contributed by atoms with van der Waals surface area (Å²) in [6.45, 7) is 0.944. The molecule has 0 atom stereocenters. The molecular weight excluding hydrogens is 379 g/mol. The van der Waals surface area contributed by atoms with Gasteiger partial charge < -0.3 is 21.7 Å². The zero-order chi connectivity index (χ0) is 11.2. The Labute approximate surface area is 96.2 Å². The maximum atomic E-state index is 7.75. The van der Waals surface area contributed by atoms with Crippen LogP contribution in [0.25, 0.3) is 0 Å². The van der Waals surface area contributed by atoms with Crippen molar-refractivity contribution < 1.29 is 10.2 Å². The van der Waals surface area contributed by atoms with Gasteiger partial charge in [0.2, 0.25) is 0 Å². The molecule has 0 saturated carbocycles. The van der Waals surface area contributed by atoms with E-state index in [4.69, 9.17) is 27.4 Å². The molecular formula is C8H20BiN3O2. The van der Waals surface area contributed by atoms with E-state index >= 15 is 0 Å². The fourth-order valence-electron chi connectivity index (χ4n) is 0.344. The number of hydrogen-bond acceptors (Lipinski definition) is 5. The van der Waals surface area contributed by atoms with Gasteiger partial charge in [-0.25, -0.2) is 0 Å². The molecule has 0 fully saturated rings. The van der Waals surface area contributed by atoms with Gasteiger partial charge in [0.15, 0.2) is 0 Å². The third-order valence-electron chi connectivity index (χ3n) is 0.880. The maximum absolute atomic E-state index is 7.75. The van der Waals surface area contributed by atoms with E-state index in [1.807, 2.05) is 6.08 Å². The standard InChI is InChI=1S/C4H5N.2C2H7NO.Bi.H/c1-2-3-4-5;2*3-1-2-4;;/h1-3H,5H2;2*4H,1-3H2;;. The van der Waals surface area contributed by atoms with Crippen molar-refractivity contribution in [2.45, 2.75) is 0 Å². The Kier molecular flexibility index (Phi) is 18.2. The number of allylic oxidation sites excluding steroid dienone is 2. The predicted molar refractivity (Wildman–Crippen MR) is 60.8 cm³/mol. The van der Waals surface area contributed by atoms with Gasteiger partial charge in [0.1, 0.15) is 0 Å². The molecule has 0 bridgehead atoms. The number of nitrogens with two attached hydrogens (primary N) is 3. The molecule has 84 valence electrons. The van der Waals surface area contributed by atoms with E-state index in [0.29, 0.717) is 13.1 Å². The number of rotatable bonds is 2. The van der Waals surface area contributed by atoms with Gasteiger partial charge in [-0.2, -0.15) is 0 Å². The van der Waals surface area contributed by atoms with E-state index in [9.17, 15) is 0 Å². The van der Waals surface area contributed by atoms with E-state index in [2.05, 4.69) is 9.86 Å². The molecule has 1 rings (SSSR count). The number of aliphatic hydroxyl groups is 2. The Morgan fingerprint density at radius 1 is 1.14 bits per heavy atom. The predicted octanol–water partition coefficient (Wildman–Crippen LogP) is -2.37. The van der Waals surface area contributed by atoms with Crippen molar-refractivity contribution in [2.24, 2.45) is 17.2 Å². The summed E-state index contributed by atoms with van der Waals surface area (Å²) < 4.78 is 3.39. The van der Waals surface area contributed by atoms with Crippen LogP contribution in [0.2, 0.25) is 0 Å². The van der Waals surface area contributed by atoms with Gasteiger partial charge in [-0.05, 0) is 0 Å². The second-order valence-electron chi connectivity index (χ2n) is 2.15. The molecule has 0 unspecified atom stereocenters. The Bertz CT molecular complexity index is 155. The van der Waals surface area contributed by atoms with Crippen LogP contribution in [-0.4, -0.2) is 59.8 Å². The van der Waals surface area contributed by atoms with Crippen LogP contribution in [0.15, 0.2) is 19.3 Å². The quantitative estimate of drug-likeness (QED) is 0.333. The molecule has 14 heavy (non-hydrogen) atoms. The minimum atomic E-state index is -0.481. The SMILES string of the molecule is NCCO.NCCO.N[C]1=CC=[CH][BiH]1. The summed E-state index contributed by atoms with van der Waals surface area (Å²) in [6, 6.07) is 0. The fourth-order valence-corrected chi connectivity index (χ4v) is 2.59. The van der Waals surface area contributed by atoms with E-state index in [1.165, 1.54) is 0 Å². The summed E-state index contributed by atoms with van der Waals surface area (Å²) >= 11 is -0.481. The van der Waals surface area contributed by atoms with Crippen LogP contribution in [0.4, 0.5) is 0 Å². The summed E-state index contributed by atoms with van der Waals surface area (Å²) in [5.74, 6) is 0. The van der Waals surface area contributed by atoms with Crippen molar-refractivity contribution in [1.29, 1.82) is 0 Å². The molecule has 6 heteroatoms. The molecule has 0 saturated heterocycles. The van der Waals surface area contributed by atoms with Gasteiger partial charge in [0.25, 0.3) is 0 Å². The first-order valence-electron chi connectivity index (χ1n) is 4.23. The van der Waals surface area contributed by atoms with Crippen molar-refractivity contribution in [3.63, 3.8) is 0 Å². The Morgan fingerprint density at radius 3 is 1.64 bits per heavy atom. The molecule has 0 aromatic rings. The molecule has 0 aromatic heterocycles. The van der Waals surface area contributed by atoms with Gasteiger partial charge in [-0.3, -0.25) is 0 Å². The van der Waals surface area contributed by atoms with E-state index in [-0.39, 0.29) is 13.2 Å². The van der Waals surface area contributed by atoms with Crippen LogP contribution in [0.3, 0.4) is 0 Å². The van der Waals surface area contributed by atoms with Gasteiger partial charge in [0, 0.05) is 13.1 Å². The summed E-state index contributed by atoms with van der Waals surface area (Å²) in [6.07, 6.45) is 4.06. The first-order valence-corrected chi connectivity index (χ1v) is 8.42. The van der Waals surface area contributed by atoms with Crippen LogP contribution >= 0.6 is 0 Å². The third kappa shape index (κ3) is 17.9. The zero-order valence-corrected chi connectivity index (χ0v) is 12.1. The second kappa shape index (κ2) is 15.5. The van der Waals surface area contributed by atoms with Crippen LogP contribution in [0, 0.1) is 0 Å². The minimum absolute atomic E-state index is 0.0972. The van der Waals surface area contributed by atoms with Crippen molar-refractivity contribution in [1.82, 2.24) is 0 Å². The molecule has 0 aromatic carbocycles. The molecule has 1 aliphatic heterocycles. The Balaban J connectivity index is 0. The molecule has 8 N–H and O–H groups in total. The van der Waals surface area contributed by atoms with E-state index < -0.39 is 23.2 Å². The van der Waals surface area contributed by atoms with Gasteiger partial charge in [-0.15, -0.1) is 0 Å². The second-order valence-corrected chi connectivity index (χ2v) is 6.81. The fraction of sp³-hybridized carbons (Fsp3) is 0.500. The molecule has 1 heterocycles. The summed E-state index contributed by atoms with van der Waals surface area (Å²) in [5.41, 5.74) is 15.0. The van der Waals surface area contributed by atoms with Gasteiger partial charge in [-0.1, -0.05) is 0 Å². The van der Waals surface area contributed by atoms with Crippen molar-refractivity contribution in [2.75, 3.05) is 26.3 Å². The average molecular weight is 399 g/mol. The van der Waals surface area contributed by atoms with Gasteiger partial charge in [0.05, 0.1) is 13.2 Å². The topological polar surface area (TPSA) is 119 Å². The Hall–Kier alpha value is 0.00312. The Morgan fingerprint density at radius 2 is 1.57 bits per heavy atom. The molecule has 0 amide bonds. The van der Waals surface area contributed by atoms with E-state index in [1.54, 1.807) is 0 Å². The van der Waals surface area contributed by atoms with Crippen molar-refractivity contribution in [3.05, 3.63) is 19.3 Å². The first kappa shape index (κ1) is 16.4. The van der Waals surface area contributed by atoms with E-state index in [0.717, 1.165) is 3.40 Å². The van der Waals surface area contributed by atoms with Crippen LogP contribution in [-0.2, 0) is 0 Å². The third-order valence-corrected chi connectivity index (χ3v) is 4.22. The monoisotopic (exact) mass is 399 g/mol.